The lowest BCUT2D eigenvalue weighted by Gasteiger charge is -2.39. The molecule has 0 amide bonds. The Hall–Kier alpha value is -1.34. The molecule has 0 bridgehead atoms. The minimum atomic E-state index is 0.223. The topological polar surface area (TPSA) is 9.23 Å². The number of rotatable bonds is 1. The molecule has 0 N–H and O–H groups in total. The summed E-state index contributed by atoms with van der Waals surface area (Å²) in [4.78, 5) is 0. The van der Waals surface area contributed by atoms with Gasteiger partial charge in [-0.2, -0.15) is 0 Å². The smallest absolute Gasteiger partial charge is 0.0583 e. The van der Waals surface area contributed by atoms with E-state index in [0.717, 1.165) is 13.2 Å². The molecule has 0 radical (unpaired) electrons. The molecule has 1 heteroatoms. The monoisotopic (exact) mass is 198 g/mol. The molecule has 1 heterocycles. The van der Waals surface area contributed by atoms with Gasteiger partial charge in [0.1, 0.15) is 0 Å². The third-order valence-corrected chi connectivity index (χ3v) is 3.28. The molecular formula is C14H14O. The van der Waals surface area contributed by atoms with Crippen LogP contribution in [0.4, 0.5) is 0 Å². The van der Waals surface area contributed by atoms with Crippen molar-refractivity contribution in [2.75, 3.05) is 13.2 Å². The van der Waals surface area contributed by atoms with E-state index in [9.17, 15) is 0 Å². The normalized spacial score (nSPS) is 18.7. The van der Waals surface area contributed by atoms with Crippen molar-refractivity contribution in [2.45, 2.75) is 12.3 Å². The summed E-state index contributed by atoms with van der Waals surface area (Å²) >= 11 is 0. The van der Waals surface area contributed by atoms with E-state index in [1.54, 1.807) is 0 Å². The first kappa shape index (κ1) is 8.93. The Kier molecular flexibility index (Phi) is 1.83. The molecule has 76 valence electrons. The summed E-state index contributed by atoms with van der Waals surface area (Å²) in [5, 5.41) is 2.69. The second kappa shape index (κ2) is 3.07. The Bertz CT molecular complexity index is 492. The molecule has 0 unspecified atom stereocenters. The number of hydrogen-bond acceptors (Lipinski definition) is 1. The van der Waals surface area contributed by atoms with Crippen LogP contribution in [0.15, 0.2) is 42.5 Å². The van der Waals surface area contributed by atoms with E-state index >= 15 is 0 Å². The Balaban J connectivity index is 2.26. The van der Waals surface area contributed by atoms with Gasteiger partial charge < -0.3 is 4.74 Å². The molecule has 0 spiro atoms. The fraction of sp³-hybridized carbons (Fsp3) is 0.286. The predicted molar refractivity (Wildman–Crippen MR) is 62.1 cm³/mol. The highest BCUT2D eigenvalue weighted by molar-refractivity contribution is 5.86. The van der Waals surface area contributed by atoms with E-state index < -0.39 is 0 Å². The zero-order valence-electron chi connectivity index (χ0n) is 8.86. The summed E-state index contributed by atoms with van der Waals surface area (Å²) in [5.74, 6) is 0. The summed E-state index contributed by atoms with van der Waals surface area (Å²) in [7, 11) is 0. The molecule has 2 aromatic rings. The number of fused-ring (bicyclic) bond motifs is 1. The van der Waals surface area contributed by atoms with Crippen LogP contribution in [0, 0.1) is 0 Å². The summed E-state index contributed by atoms with van der Waals surface area (Å²) in [6.07, 6.45) is 0. The van der Waals surface area contributed by atoms with Crippen LogP contribution in [-0.2, 0) is 10.2 Å². The maximum absolute atomic E-state index is 5.34. The van der Waals surface area contributed by atoms with Gasteiger partial charge in [0.05, 0.1) is 13.2 Å². The lowest BCUT2D eigenvalue weighted by atomic mass is 9.78. The van der Waals surface area contributed by atoms with E-state index in [1.165, 1.54) is 16.3 Å². The lowest BCUT2D eigenvalue weighted by molar-refractivity contribution is -0.0492. The second-order valence-corrected chi connectivity index (χ2v) is 4.58. The predicted octanol–water partition coefficient (Wildman–Crippen LogP) is 3.13. The van der Waals surface area contributed by atoms with Crippen LogP contribution >= 0.6 is 0 Å². The molecule has 2 aromatic carbocycles. The molecule has 3 rings (SSSR count). The highest BCUT2D eigenvalue weighted by atomic mass is 16.5. The highest BCUT2D eigenvalue weighted by Gasteiger charge is 2.36. The fourth-order valence-electron chi connectivity index (χ4n) is 2.32. The van der Waals surface area contributed by atoms with Crippen LogP contribution in [0.5, 0.6) is 0 Å². The maximum Gasteiger partial charge on any atom is 0.0583 e. The zero-order chi connectivity index (χ0) is 10.3. The number of hydrogen-bond donors (Lipinski definition) is 0. The van der Waals surface area contributed by atoms with Gasteiger partial charge in [-0.05, 0) is 16.3 Å². The molecule has 1 fully saturated rings. The van der Waals surface area contributed by atoms with Crippen molar-refractivity contribution in [3.05, 3.63) is 48.0 Å². The molecule has 0 aromatic heterocycles. The number of benzene rings is 2. The van der Waals surface area contributed by atoms with E-state index in [2.05, 4.69) is 49.4 Å². The van der Waals surface area contributed by atoms with Gasteiger partial charge in [-0.15, -0.1) is 0 Å². The van der Waals surface area contributed by atoms with Gasteiger partial charge in [0, 0.05) is 5.41 Å². The van der Waals surface area contributed by atoms with E-state index in [1.807, 2.05) is 0 Å². The van der Waals surface area contributed by atoms with Crippen LogP contribution in [0.2, 0.25) is 0 Å². The van der Waals surface area contributed by atoms with E-state index in [0.29, 0.717) is 0 Å². The summed E-state index contributed by atoms with van der Waals surface area (Å²) < 4.78 is 5.34. The van der Waals surface area contributed by atoms with E-state index in [4.69, 9.17) is 4.74 Å². The van der Waals surface area contributed by atoms with Crippen molar-refractivity contribution < 1.29 is 4.74 Å². The molecule has 0 aliphatic carbocycles. The highest BCUT2D eigenvalue weighted by Crippen LogP contribution is 2.35. The Labute approximate surface area is 89.7 Å². The van der Waals surface area contributed by atoms with Gasteiger partial charge in [0.15, 0.2) is 0 Å². The molecule has 0 saturated carbocycles. The molecule has 0 atom stereocenters. The molecule has 1 aliphatic heterocycles. The quantitative estimate of drug-likeness (QED) is 0.684. The van der Waals surface area contributed by atoms with Gasteiger partial charge in [-0.3, -0.25) is 0 Å². The third-order valence-electron chi connectivity index (χ3n) is 3.28. The van der Waals surface area contributed by atoms with Gasteiger partial charge in [-0.25, -0.2) is 0 Å². The SMILES string of the molecule is CC1(c2cccc3ccccc23)COC1. The van der Waals surface area contributed by atoms with Crippen LogP contribution < -0.4 is 0 Å². The summed E-state index contributed by atoms with van der Waals surface area (Å²) in [6.45, 7) is 3.97. The van der Waals surface area contributed by atoms with Gasteiger partial charge in [-0.1, -0.05) is 49.4 Å². The molecule has 1 nitrogen and oxygen atoms in total. The van der Waals surface area contributed by atoms with Crippen molar-refractivity contribution in [1.29, 1.82) is 0 Å². The molecule has 15 heavy (non-hydrogen) atoms. The summed E-state index contributed by atoms with van der Waals surface area (Å²) in [5.41, 5.74) is 1.65. The van der Waals surface area contributed by atoms with Gasteiger partial charge in [0.2, 0.25) is 0 Å². The zero-order valence-corrected chi connectivity index (χ0v) is 8.86. The average Bonchev–Trinajstić information content (AvgIpc) is 2.25. The number of ether oxygens (including phenoxy) is 1. The first-order chi connectivity index (χ1) is 7.30. The van der Waals surface area contributed by atoms with Crippen molar-refractivity contribution in [1.82, 2.24) is 0 Å². The Morgan fingerprint density at radius 3 is 2.47 bits per heavy atom. The third kappa shape index (κ3) is 1.27. The van der Waals surface area contributed by atoms with E-state index in [-0.39, 0.29) is 5.41 Å². The second-order valence-electron chi connectivity index (χ2n) is 4.58. The summed E-state index contributed by atoms with van der Waals surface area (Å²) in [6, 6.07) is 15.1. The average molecular weight is 198 g/mol. The molecular weight excluding hydrogens is 184 g/mol. The van der Waals surface area contributed by atoms with Crippen molar-refractivity contribution in [3.63, 3.8) is 0 Å². The first-order valence-electron chi connectivity index (χ1n) is 5.36. The first-order valence-corrected chi connectivity index (χ1v) is 5.36. The van der Waals surface area contributed by atoms with Crippen LogP contribution in [-0.4, -0.2) is 13.2 Å². The standard InChI is InChI=1S/C14H14O/c1-14(9-15-10-14)13-8-4-6-11-5-2-3-7-12(11)13/h2-8H,9-10H2,1H3. The van der Waals surface area contributed by atoms with Crippen molar-refractivity contribution in [2.24, 2.45) is 0 Å². The molecule has 1 aliphatic rings. The molecule has 1 saturated heterocycles. The lowest BCUT2D eigenvalue weighted by Crippen LogP contribution is -2.43. The Morgan fingerprint density at radius 2 is 1.73 bits per heavy atom. The van der Waals surface area contributed by atoms with Gasteiger partial charge in [0.25, 0.3) is 0 Å². The fourth-order valence-corrected chi connectivity index (χ4v) is 2.32. The van der Waals surface area contributed by atoms with Crippen LogP contribution in [0.1, 0.15) is 12.5 Å². The van der Waals surface area contributed by atoms with Crippen molar-refractivity contribution >= 4 is 10.8 Å². The van der Waals surface area contributed by atoms with Crippen LogP contribution in [0.3, 0.4) is 0 Å². The Morgan fingerprint density at radius 1 is 1.00 bits per heavy atom. The minimum Gasteiger partial charge on any atom is -0.379 e. The maximum atomic E-state index is 5.34. The largest absolute Gasteiger partial charge is 0.379 e. The van der Waals surface area contributed by atoms with Gasteiger partial charge >= 0.3 is 0 Å². The van der Waals surface area contributed by atoms with Crippen molar-refractivity contribution in [3.8, 4) is 0 Å². The minimum absolute atomic E-state index is 0.223. The van der Waals surface area contributed by atoms with Crippen LogP contribution in [0.25, 0.3) is 10.8 Å².